The number of thioether (sulfide) groups is 1. The number of carbonyl (C=O) groups excluding carboxylic acids is 1. The summed E-state index contributed by atoms with van der Waals surface area (Å²) in [6, 6.07) is 5.03. The molecule has 0 aromatic heterocycles. The van der Waals surface area contributed by atoms with Crippen LogP contribution in [0.4, 0.5) is 0 Å². The third kappa shape index (κ3) is 3.62. The highest BCUT2D eigenvalue weighted by atomic mass is 32.2. The average molecular weight is 323 g/mol. The van der Waals surface area contributed by atoms with Crippen molar-refractivity contribution in [3.05, 3.63) is 34.2 Å². The maximum Gasteiger partial charge on any atom is 0.305 e. The van der Waals surface area contributed by atoms with Crippen LogP contribution in [0.25, 0.3) is 6.08 Å². The fourth-order valence-corrected chi connectivity index (χ4v) is 3.13. The molecule has 1 saturated heterocycles. The third-order valence-electron chi connectivity index (χ3n) is 2.94. The third-order valence-corrected chi connectivity index (χ3v) is 4.32. The molecule has 0 saturated carbocycles. The topological polar surface area (TPSA) is 77.8 Å². The highest BCUT2D eigenvalue weighted by Crippen LogP contribution is 2.33. The van der Waals surface area contributed by atoms with Gasteiger partial charge in [-0.1, -0.05) is 30.0 Å². The summed E-state index contributed by atoms with van der Waals surface area (Å²) >= 11 is 6.26. The molecule has 1 aromatic rings. The molecule has 21 heavy (non-hydrogen) atoms. The molecule has 2 N–H and O–H groups in total. The first-order valence-corrected chi connectivity index (χ1v) is 7.37. The van der Waals surface area contributed by atoms with Gasteiger partial charge < -0.3 is 10.2 Å². The highest BCUT2D eigenvalue weighted by Gasteiger charge is 2.31. The van der Waals surface area contributed by atoms with E-state index in [4.69, 9.17) is 17.3 Å². The van der Waals surface area contributed by atoms with Gasteiger partial charge in [0.25, 0.3) is 5.91 Å². The molecule has 7 heteroatoms. The van der Waals surface area contributed by atoms with Gasteiger partial charge in [0.2, 0.25) is 0 Å². The second-order valence-electron chi connectivity index (χ2n) is 4.52. The molecule has 1 aliphatic heterocycles. The minimum Gasteiger partial charge on any atom is -0.508 e. The first-order chi connectivity index (χ1) is 9.88. The van der Waals surface area contributed by atoms with Crippen LogP contribution in [0.3, 0.4) is 0 Å². The summed E-state index contributed by atoms with van der Waals surface area (Å²) in [6.07, 6.45) is 1.55. The van der Waals surface area contributed by atoms with Gasteiger partial charge in [0.05, 0.1) is 11.3 Å². The molecule has 2 rings (SSSR count). The van der Waals surface area contributed by atoms with Gasteiger partial charge >= 0.3 is 5.97 Å². The monoisotopic (exact) mass is 323 g/mol. The first-order valence-electron chi connectivity index (χ1n) is 6.15. The number of aryl methyl sites for hydroxylation is 1. The van der Waals surface area contributed by atoms with Crippen LogP contribution in [-0.4, -0.2) is 37.9 Å². The summed E-state index contributed by atoms with van der Waals surface area (Å²) < 4.78 is 0.364. The van der Waals surface area contributed by atoms with Crippen LogP contribution in [-0.2, 0) is 9.59 Å². The number of rotatable bonds is 4. The second-order valence-corrected chi connectivity index (χ2v) is 6.20. The molecule has 1 heterocycles. The predicted octanol–water partition coefficient (Wildman–Crippen LogP) is 2.38. The van der Waals surface area contributed by atoms with E-state index in [1.54, 1.807) is 31.2 Å². The standard InChI is InChI=1S/C14H13NO4S2/c1-8-6-9(2-3-10(8)16)7-11-13(19)15(14(20)21-11)5-4-12(17)18/h2-3,6-7,16H,4-5H2,1H3,(H,17,18)/b11-7+. The van der Waals surface area contributed by atoms with E-state index in [0.29, 0.717) is 14.8 Å². The van der Waals surface area contributed by atoms with Gasteiger partial charge in [-0.15, -0.1) is 0 Å². The molecule has 0 radical (unpaired) electrons. The molecule has 0 spiro atoms. The van der Waals surface area contributed by atoms with Gasteiger partial charge in [0.15, 0.2) is 0 Å². The molecular weight excluding hydrogens is 310 g/mol. The molecule has 1 amide bonds. The average Bonchev–Trinajstić information content (AvgIpc) is 2.67. The van der Waals surface area contributed by atoms with Crippen molar-refractivity contribution in [2.75, 3.05) is 6.54 Å². The minimum atomic E-state index is -0.970. The first kappa shape index (κ1) is 15.5. The Bertz CT molecular complexity index is 654. The number of amides is 1. The number of thiocarbonyl (C=S) groups is 1. The van der Waals surface area contributed by atoms with Crippen LogP contribution < -0.4 is 0 Å². The number of carbonyl (C=O) groups is 2. The Labute approximate surface area is 131 Å². The Hall–Kier alpha value is -1.86. The molecule has 0 unspecified atom stereocenters. The molecule has 1 aliphatic rings. The van der Waals surface area contributed by atoms with E-state index >= 15 is 0 Å². The van der Waals surface area contributed by atoms with Crippen molar-refractivity contribution in [1.29, 1.82) is 0 Å². The number of carboxylic acids is 1. The normalized spacial score (nSPS) is 16.8. The predicted molar refractivity (Wildman–Crippen MR) is 85.0 cm³/mol. The van der Waals surface area contributed by atoms with Gasteiger partial charge in [0, 0.05) is 6.54 Å². The second kappa shape index (κ2) is 6.28. The Balaban J connectivity index is 2.19. The number of phenols is 1. The Morgan fingerprint density at radius 2 is 2.19 bits per heavy atom. The van der Waals surface area contributed by atoms with Crippen molar-refractivity contribution in [2.24, 2.45) is 0 Å². The van der Waals surface area contributed by atoms with Crippen LogP contribution in [0.15, 0.2) is 23.1 Å². The van der Waals surface area contributed by atoms with Crippen molar-refractivity contribution in [3.8, 4) is 5.75 Å². The number of carboxylic acid groups (broad SMARTS) is 1. The van der Waals surface area contributed by atoms with Gasteiger partial charge in [-0.3, -0.25) is 14.5 Å². The number of aromatic hydroxyl groups is 1. The fourth-order valence-electron chi connectivity index (χ4n) is 1.82. The van der Waals surface area contributed by atoms with E-state index in [2.05, 4.69) is 0 Å². The van der Waals surface area contributed by atoms with Crippen LogP contribution in [0.5, 0.6) is 5.75 Å². The largest absolute Gasteiger partial charge is 0.508 e. The van der Waals surface area contributed by atoms with Crippen molar-refractivity contribution in [2.45, 2.75) is 13.3 Å². The van der Waals surface area contributed by atoms with E-state index < -0.39 is 5.97 Å². The molecule has 5 nitrogen and oxygen atoms in total. The Kier molecular flexibility index (Phi) is 4.64. The Morgan fingerprint density at radius 1 is 1.48 bits per heavy atom. The van der Waals surface area contributed by atoms with Crippen LogP contribution in [0.1, 0.15) is 17.5 Å². The van der Waals surface area contributed by atoms with E-state index in [-0.39, 0.29) is 24.6 Å². The molecule has 1 fully saturated rings. The van der Waals surface area contributed by atoms with Gasteiger partial charge in [-0.25, -0.2) is 0 Å². The summed E-state index contributed by atoms with van der Waals surface area (Å²) in [5, 5.41) is 18.2. The minimum absolute atomic E-state index is 0.0753. The molecule has 1 aromatic carbocycles. The lowest BCUT2D eigenvalue weighted by atomic mass is 10.1. The molecular formula is C14H13NO4S2. The fraction of sp³-hybridized carbons (Fsp3) is 0.214. The maximum atomic E-state index is 12.2. The van der Waals surface area contributed by atoms with Crippen molar-refractivity contribution in [1.82, 2.24) is 4.90 Å². The molecule has 0 atom stereocenters. The number of hydrogen-bond donors (Lipinski definition) is 2. The van der Waals surface area contributed by atoms with Gasteiger partial charge in [-0.05, 0) is 36.3 Å². The number of nitrogens with zero attached hydrogens (tertiary/aromatic N) is 1. The summed E-state index contributed by atoms with van der Waals surface area (Å²) in [4.78, 5) is 24.5. The number of benzene rings is 1. The molecule has 0 bridgehead atoms. The smallest absolute Gasteiger partial charge is 0.305 e. The zero-order chi connectivity index (χ0) is 15.6. The lowest BCUT2D eigenvalue weighted by Crippen LogP contribution is -2.30. The zero-order valence-electron chi connectivity index (χ0n) is 11.2. The number of hydrogen-bond acceptors (Lipinski definition) is 5. The van der Waals surface area contributed by atoms with Gasteiger partial charge in [0.1, 0.15) is 10.1 Å². The zero-order valence-corrected chi connectivity index (χ0v) is 12.8. The highest BCUT2D eigenvalue weighted by molar-refractivity contribution is 8.26. The van der Waals surface area contributed by atoms with Crippen molar-refractivity contribution < 1.29 is 19.8 Å². The quantitative estimate of drug-likeness (QED) is 0.654. The lowest BCUT2D eigenvalue weighted by Gasteiger charge is -2.12. The SMILES string of the molecule is Cc1cc(/C=C2/SC(=S)N(CCC(=O)O)C2=O)ccc1O. The lowest BCUT2D eigenvalue weighted by molar-refractivity contribution is -0.137. The van der Waals surface area contributed by atoms with Crippen LogP contribution >= 0.6 is 24.0 Å². The Morgan fingerprint density at radius 3 is 2.81 bits per heavy atom. The maximum absolute atomic E-state index is 12.2. The molecule has 0 aliphatic carbocycles. The summed E-state index contributed by atoms with van der Waals surface area (Å²) in [5.41, 5.74) is 1.49. The number of phenolic OH excluding ortho intramolecular Hbond substituents is 1. The van der Waals surface area contributed by atoms with Crippen LogP contribution in [0, 0.1) is 6.92 Å². The van der Waals surface area contributed by atoms with E-state index in [9.17, 15) is 14.7 Å². The van der Waals surface area contributed by atoms with Crippen molar-refractivity contribution >= 4 is 46.3 Å². The van der Waals surface area contributed by atoms with E-state index in [0.717, 1.165) is 17.3 Å². The van der Waals surface area contributed by atoms with E-state index in [1.807, 2.05) is 0 Å². The van der Waals surface area contributed by atoms with E-state index in [1.165, 1.54) is 4.90 Å². The summed E-state index contributed by atoms with van der Waals surface area (Å²) in [7, 11) is 0. The van der Waals surface area contributed by atoms with Crippen molar-refractivity contribution in [3.63, 3.8) is 0 Å². The summed E-state index contributed by atoms with van der Waals surface area (Å²) in [6.45, 7) is 1.84. The summed E-state index contributed by atoms with van der Waals surface area (Å²) in [5.74, 6) is -1.06. The molecule has 110 valence electrons. The van der Waals surface area contributed by atoms with Crippen LogP contribution in [0.2, 0.25) is 0 Å². The van der Waals surface area contributed by atoms with Gasteiger partial charge in [-0.2, -0.15) is 0 Å². The number of aliphatic carboxylic acids is 1.